The van der Waals surface area contributed by atoms with Gasteiger partial charge in [0.2, 0.25) is 0 Å². The first-order chi connectivity index (χ1) is 11.4. The number of carbonyl (C=O) groups excluding carboxylic acids is 1. The third-order valence-electron chi connectivity index (χ3n) is 4.77. The molecule has 1 aromatic rings. The van der Waals surface area contributed by atoms with Gasteiger partial charge in [-0.1, -0.05) is 13.0 Å². The van der Waals surface area contributed by atoms with Crippen molar-refractivity contribution in [2.45, 2.75) is 31.7 Å². The van der Waals surface area contributed by atoms with Crippen LogP contribution in [0.2, 0.25) is 0 Å². The SMILES string of the molecule is CC1CC(C(=O)O)CN(C(=O)N[C@@H]2C[C@H]2c2c(F)cccc2F)C1. The smallest absolute Gasteiger partial charge is 0.317 e. The summed E-state index contributed by atoms with van der Waals surface area (Å²) >= 11 is 0. The first kappa shape index (κ1) is 16.7. The van der Waals surface area contributed by atoms with Crippen LogP contribution in [0, 0.1) is 23.5 Å². The van der Waals surface area contributed by atoms with Crippen molar-refractivity contribution in [1.29, 1.82) is 0 Å². The van der Waals surface area contributed by atoms with Gasteiger partial charge in [0.1, 0.15) is 11.6 Å². The fourth-order valence-corrected chi connectivity index (χ4v) is 3.48. The monoisotopic (exact) mass is 338 g/mol. The van der Waals surface area contributed by atoms with Crippen LogP contribution in [0.3, 0.4) is 0 Å². The number of amides is 2. The van der Waals surface area contributed by atoms with Crippen LogP contribution in [0.25, 0.3) is 0 Å². The molecule has 1 saturated carbocycles. The Bertz CT molecular complexity index is 647. The highest BCUT2D eigenvalue weighted by atomic mass is 19.1. The molecule has 2 fully saturated rings. The number of carboxylic acid groups (broad SMARTS) is 1. The molecule has 3 rings (SSSR count). The molecule has 0 aromatic heterocycles. The summed E-state index contributed by atoms with van der Waals surface area (Å²) in [6.45, 7) is 2.56. The number of piperidine rings is 1. The van der Waals surface area contributed by atoms with E-state index in [0.29, 0.717) is 19.4 Å². The predicted octanol–water partition coefficient (Wildman–Crippen LogP) is 2.57. The molecular weight excluding hydrogens is 318 g/mol. The number of hydrogen-bond donors (Lipinski definition) is 2. The molecule has 4 atom stereocenters. The summed E-state index contributed by atoms with van der Waals surface area (Å²) in [5.41, 5.74) is 0.0122. The van der Waals surface area contributed by atoms with Crippen molar-refractivity contribution in [3.8, 4) is 0 Å². The Balaban J connectivity index is 1.61. The third kappa shape index (κ3) is 3.34. The summed E-state index contributed by atoms with van der Waals surface area (Å²) in [6.07, 6.45) is 1.03. The summed E-state index contributed by atoms with van der Waals surface area (Å²) in [6, 6.07) is 3.05. The molecule has 2 unspecified atom stereocenters. The van der Waals surface area contributed by atoms with Crippen molar-refractivity contribution in [1.82, 2.24) is 10.2 Å². The number of aliphatic carboxylic acids is 1. The zero-order chi connectivity index (χ0) is 17.4. The average Bonchev–Trinajstić information content (AvgIpc) is 3.25. The summed E-state index contributed by atoms with van der Waals surface area (Å²) in [5.74, 6) is -2.95. The maximum absolute atomic E-state index is 13.8. The van der Waals surface area contributed by atoms with Gasteiger partial charge in [0.05, 0.1) is 5.92 Å². The highest BCUT2D eigenvalue weighted by Gasteiger charge is 2.44. The van der Waals surface area contributed by atoms with Crippen molar-refractivity contribution in [3.05, 3.63) is 35.4 Å². The normalized spacial score (nSPS) is 29.2. The lowest BCUT2D eigenvalue weighted by molar-refractivity contribution is -0.143. The van der Waals surface area contributed by atoms with Crippen molar-refractivity contribution in [2.75, 3.05) is 13.1 Å². The molecule has 2 N–H and O–H groups in total. The molecule has 0 radical (unpaired) electrons. The van der Waals surface area contributed by atoms with Crippen LogP contribution in [-0.2, 0) is 4.79 Å². The van der Waals surface area contributed by atoms with Gasteiger partial charge >= 0.3 is 12.0 Å². The zero-order valence-electron chi connectivity index (χ0n) is 13.3. The van der Waals surface area contributed by atoms with Crippen molar-refractivity contribution in [3.63, 3.8) is 0 Å². The zero-order valence-corrected chi connectivity index (χ0v) is 13.3. The van der Waals surface area contributed by atoms with E-state index in [2.05, 4.69) is 5.32 Å². The Kier molecular flexibility index (Phi) is 4.43. The van der Waals surface area contributed by atoms with E-state index in [1.54, 1.807) is 0 Å². The highest BCUT2D eigenvalue weighted by Crippen LogP contribution is 2.43. The number of benzene rings is 1. The molecule has 130 valence electrons. The van der Waals surface area contributed by atoms with Crippen LogP contribution in [0.1, 0.15) is 31.2 Å². The lowest BCUT2D eigenvalue weighted by Crippen LogP contribution is -2.50. The molecule has 1 saturated heterocycles. The number of carboxylic acids is 1. The summed E-state index contributed by atoms with van der Waals surface area (Å²) < 4.78 is 27.5. The fraction of sp³-hybridized carbons (Fsp3) is 0.529. The second kappa shape index (κ2) is 6.37. The summed E-state index contributed by atoms with van der Waals surface area (Å²) in [5, 5.41) is 11.9. The molecular formula is C17H20F2N2O3. The van der Waals surface area contributed by atoms with Crippen molar-refractivity contribution in [2.24, 2.45) is 11.8 Å². The molecule has 1 aliphatic carbocycles. The van der Waals surface area contributed by atoms with Gasteiger partial charge in [-0.3, -0.25) is 4.79 Å². The third-order valence-corrected chi connectivity index (χ3v) is 4.77. The van der Waals surface area contributed by atoms with E-state index in [4.69, 9.17) is 5.11 Å². The first-order valence-electron chi connectivity index (χ1n) is 8.09. The molecule has 1 aromatic carbocycles. The van der Waals surface area contributed by atoms with Crippen LogP contribution >= 0.6 is 0 Å². The molecule has 1 aliphatic heterocycles. The number of rotatable bonds is 3. The molecule has 1 heterocycles. The number of nitrogens with one attached hydrogen (secondary N) is 1. The minimum absolute atomic E-state index is 0.0122. The van der Waals surface area contributed by atoms with Gasteiger partial charge in [-0.15, -0.1) is 0 Å². The van der Waals surface area contributed by atoms with Crippen LogP contribution in [0.15, 0.2) is 18.2 Å². The Labute approximate surface area is 138 Å². The molecule has 0 spiro atoms. The quantitative estimate of drug-likeness (QED) is 0.890. The first-order valence-corrected chi connectivity index (χ1v) is 8.09. The minimum Gasteiger partial charge on any atom is -0.481 e. The Morgan fingerprint density at radius 3 is 2.50 bits per heavy atom. The second-order valence-electron chi connectivity index (χ2n) is 6.81. The number of likely N-dealkylation sites (tertiary alicyclic amines) is 1. The number of urea groups is 1. The van der Waals surface area contributed by atoms with Crippen LogP contribution in [0.5, 0.6) is 0 Å². The maximum Gasteiger partial charge on any atom is 0.317 e. The summed E-state index contributed by atoms with van der Waals surface area (Å²) in [7, 11) is 0. The van der Waals surface area contributed by atoms with E-state index < -0.39 is 23.5 Å². The van der Waals surface area contributed by atoms with Crippen LogP contribution in [-0.4, -0.2) is 41.1 Å². The van der Waals surface area contributed by atoms with Gasteiger partial charge in [-0.2, -0.15) is 0 Å². The van der Waals surface area contributed by atoms with Gasteiger partial charge < -0.3 is 15.3 Å². The van der Waals surface area contributed by atoms with Crippen LogP contribution < -0.4 is 5.32 Å². The molecule has 0 bridgehead atoms. The van der Waals surface area contributed by atoms with Crippen LogP contribution in [0.4, 0.5) is 13.6 Å². The van der Waals surface area contributed by atoms with Gasteiger partial charge in [0.25, 0.3) is 0 Å². The van der Waals surface area contributed by atoms with Gasteiger partial charge in [-0.05, 0) is 30.9 Å². The summed E-state index contributed by atoms with van der Waals surface area (Å²) in [4.78, 5) is 25.0. The Hall–Kier alpha value is -2.18. The Morgan fingerprint density at radius 1 is 1.21 bits per heavy atom. The minimum atomic E-state index is -0.905. The maximum atomic E-state index is 13.8. The van der Waals surface area contributed by atoms with Gasteiger partial charge in [-0.25, -0.2) is 13.6 Å². The molecule has 2 aliphatic rings. The highest BCUT2D eigenvalue weighted by molar-refractivity contribution is 5.77. The van der Waals surface area contributed by atoms with E-state index in [-0.39, 0.29) is 36.0 Å². The van der Waals surface area contributed by atoms with Gasteiger partial charge in [0.15, 0.2) is 0 Å². The average molecular weight is 338 g/mol. The lowest BCUT2D eigenvalue weighted by Gasteiger charge is -2.34. The van der Waals surface area contributed by atoms with E-state index in [1.165, 1.54) is 23.1 Å². The number of hydrogen-bond acceptors (Lipinski definition) is 2. The molecule has 2 amide bonds. The number of nitrogens with zero attached hydrogens (tertiary/aromatic N) is 1. The topological polar surface area (TPSA) is 69.6 Å². The number of halogens is 2. The fourth-order valence-electron chi connectivity index (χ4n) is 3.48. The largest absolute Gasteiger partial charge is 0.481 e. The molecule has 7 heteroatoms. The van der Waals surface area contributed by atoms with Crippen molar-refractivity contribution < 1.29 is 23.5 Å². The standard InChI is InChI=1S/C17H20F2N2O3/c1-9-5-10(16(22)23)8-21(7-9)17(24)20-14-6-11(14)15-12(18)3-2-4-13(15)19/h2-4,9-11,14H,5-8H2,1H3,(H,20,24)(H,22,23)/t9?,10?,11-,14-/m1/s1. The second-order valence-corrected chi connectivity index (χ2v) is 6.81. The Morgan fingerprint density at radius 2 is 1.88 bits per heavy atom. The van der Waals surface area contributed by atoms with E-state index in [9.17, 15) is 18.4 Å². The lowest BCUT2D eigenvalue weighted by atomic mass is 9.91. The number of carbonyl (C=O) groups is 2. The molecule has 5 nitrogen and oxygen atoms in total. The molecule has 24 heavy (non-hydrogen) atoms. The van der Waals surface area contributed by atoms with E-state index in [0.717, 1.165) is 0 Å². The van der Waals surface area contributed by atoms with Gasteiger partial charge in [0, 0.05) is 30.6 Å². The van der Waals surface area contributed by atoms with E-state index in [1.807, 2.05) is 6.92 Å². The van der Waals surface area contributed by atoms with E-state index >= 15 is 0 Å². The predicted molar refractivity (Wildman–Crippen MR) is 82.5 cm³/mol. The van der Waals surface area contributed by atoms with Crippen molar-refractivity contribution >= 4 is 12.0 Å².